The quantitative estimate of drug-likeness (QED) is 0.483. The first-order valence-electron chi connectivity index (χ1n) is 2.10. The molecule has 0 unspecified atom stereocenters. The van der Waals surface area contributed by atoms with Gasteiger partial charge in [0.2, 0.25) is 0 Å². The molecule has 0 fully saturated rings. The van der Waals surface area contributed by atoms with Gasteiger partial charge in [-0.2, -0.15) is 0 Å². The van der Waals surface area contributed by atoms with Crippen LogP contribution in [-0.2, 0) is 39.6 Å². The van der Waals surface area contributed by atoms with Crippen LogP contribution in [0.2, 0.25) is 0 Å². The van der Waals surface area contributed by atoms with Crippen LogP contribution in [0.1, 0.15) is 12.8 Å². The van der Waals surface area contributed by atoms with E-state index >= 15 is 0 Å². The minimum atomic E-state index is 0. The van der Waals surface area contributed by atoms with E-state index in [0.29, 0.717) is 0 Å². The minimum Gasteiger partial charge on any atom is -0.502 e. The summed E-state index contributed by atoms with van der Waals surface area (Å²) in [5, 5.41) is 0. The molecule has 0 amide bonds. The summed E-state index contributed by atoms with van der Waals surface area (Å²) >= 11 is 0. The van der Waals surface area contributed by atoms with Crippen molar-refractivity contribution in [3.8, 4) is 0 Å². The van der Waals surface area contributed by atoms with E-state index in [1.54, 1.807) is 0 Å². The number of hydrogen-bond acceptors (Lipinski definition) is 0. The van der Waals surface area contributed by atoms with Crippen LogP contribution < -0.4 is 0 Å². The van der Waals surface area contributed by atoms with Gasteiger partial charge < -0.3 is 12.2 Å². The molecule has 0 bridgehead atoms. The molecule has 1 aliphatic carbocycles. The summed E-state index contributed by atoms with van der Waals surface area (Å²) < 4.78 is 0. The zero-order valence-electron chi connectivity index (χ0n) is 4.28. The first kappa shape index (κ1) is 11.5. The molecule has 46 valence electrons. The molecule has 0 saturated heterocycles. The predicted molar refractivity (Wildman–Crippen MR) is 24.9 cm³/mol. The van der Waals surface area contributed by atoms with E-state index in [2.05, 4.69) is 12.2 Å². The van der Waals surface area contributed by atoms with E-state index in [0.717, 1.165) is 12.8 Å². The number of rotatable bonds is 0. The maximum absolute atomic E-state index is 3.04. The Morgan fingerprint density at radius 1 is 0.875 bits per heavy atom. The second-order valence-corrected chi connectivity index (χ2v) is 1.22. The maximum atomic E-state index is 3.04. The van der Waals surface area contributed by atoms with Gasteiger partial charge in [-0.05, 0) is 0 Å². The van der Waals surface area contributed by atoms with E-state index < -0.39 is 0 Å². The summed E-state index contributed by atoms with van der Waals surface area (Å²) in [6.45, 7) is 0. The molecule has 2 radical (unpaired) electrons. The van der Waals surface area contributed by atoms with Crippen LogP contribution in [0.25, 0.3) is 0 Å². The molecule has 2 heteroatoms. The van der Waals surface area contributed by atoms with Crippen LogP contribution in [-0.4, -0.2) is 0 Å². The van der Waals surface area contributed by atoms with Crippen molar-refractivity contribution in [3.63, 3.8) is 0 Å². The molecule has 0 aromatic carbocycles. The molecular formula is C6H6Os2. The molecule has 8 heavy (non-hydrogen) atoms. The van der Waals surface area contributed by atoms with Crippen LogP contribution in [0.5, 0.6) is 0 Å². The van der Waals surface area contributed by atoms with E-state index in [1.165, 1.54) is 0 Å². The van der Waals surface area contributed by atoms with Crippen LogP contribution in [0, 0.1) is 12.2 Å². The summed E-state index contributed by atoms with van der Waals surface area (Å²) in [7, 11) is 0. The van der Waals surface area contributed by atoms with Gasteiger partial charge >= 0.3 is 39.6 Å². The van der Waals surface area contributed by atoms with Gasteiger partial charge in [0.05, 0.1) is 0 Å². The smallest absolute Gasteiger partial charge is 0.502 e. The fourth-order valence-corrected chi connectivity index (χ4v) is 0.429. The largest absolute Gasteiger partial charge is 1.00 e. The molecular weight excluding hydrogens is 453 g/mol. The second-order valence-electron chi connectivity index (χ2n) is 1.22. The summed E-state index contributed by atoms with van der Waals surface area (Å²) in [4.78, 5) is 0. The van der Waals surface area contributed by atoms with Gasteiger partial charge in [-0.1, -0.05) is 0 Å². The Kier molecular flexibility index (Phi) is 11.2. The molecule has 0 nitrogen and oxygen atoms in total. The summed E-state index contributed by atoms with van der Waals surface area (Å²) in [6, 6.07) is 0. The second kappa shape index (κ2) is 7.75. The van der Waals surface area contributed by atoms with Crippen LogP contribution in [0.3, 0.4) is 0 Å². The van der Waals surface area contributed by atoms with Crippen molar-refractivity contribution >= 4 is 0 Å². The SMILES string of the molecule is [C-]1=CC[C-]=CC1.[Os+].[Os+]. The molecule has 0 N–H and O–H groups in total. The molecule has 1 aliphatic rings. The fraction of sp³-hybridized carbons (Fsp3) is 0.333. The monoisotopic (exact) mass is 462 g/mol. The van der Waals surface area contributed by atoms with E-state index in [1.807, 2.05) is 12.2 Å². The van der Waals surface area contributed by atoms with Crippen molar-refractivity contribution in [1.29, 1.82) is 0 Å². The number of hydrogen-bond donors (Lipinski definition) is 0. The molecule has 0 spiro atoms. The van der Waals surface area contributed by atoms with E-state index in [4.69, 9.17) is 0 Å². The number of allylic oxidation sites excluding steroid dienone is 4. The Morgan fingerprint density at radius 2 is 1.25 bits per heavy atom. The van der Waals surface area contributed by atoms with Gasteiger partial charge in [-0.25, -0.2) is 12.8 Å². The normalized spacial score (nSPS) is 14.0. The molecule has 0 saturated carbocycles. The Balaban J connectivity index is 0. The van der Waals surface area contributed by atoms with Crippen molar-refractivity contribution in [2.24, 2.45) is 0 Å². The predicted octanol–water partition coefficient (Wildman–Crippen LogP) is 1.49. The third-order valence-electron chi connectivity index (χ3n) is 0.729. The molecule has 1 rings (SSSR count). The molecule has 0 aromatic rings. The van der Waals surface area contributed by atoms with Gasteiger partial charge in [0.15, 0.2) is 0 Å². The first-order chi connectivity index (χ1) is 3.00. The molecule has 0 heterocycles. The van der Waals surface area contributed by atoms with Crippen molar-refractivity contribution in [3.05, 3.63) is 24.3 Å². The van der Waals surface area contributed by atoms with Crippen molar-refractivity contribution < 1.29 is 39.6 Å². The minimum absolute atomic E-state index is 0. The van der Waals surface area contributed by atoms with Crippen LogP contribution in [0.15, 0.2) is 12.2 Å². The average Bonchev–Trinajstić information content (AvgIpc) is 1.72. The summed E-state index contributed by atoms with van der Waals surface area (Å²) in [5.74, 6) is 0. The topological polar surface area (TPSA) is 0 Å². The Hall–Kier alpha value is 0.753. The first-order valence-corrected chi connectivity index (χ1v) is 2.10. The Bertz CT molecular complexity index is 64.5. The van der Waals surface area contributed by atoms with E-state index in [-0.39, 0.29) is 39.6 Å². The standard InChI is InChI=1S/C6H6.2Os/c1-2-4-6-5-3-1;;/h1,6H,2,5H2;;/q-2;2*+1. The van der Waals surface area contributed by atoms with Gasteiger partial charge in [-0.15, -0.1) is 0 Å². The van der Waals surface area contributed by atoms with Crippen molar-refractivity contribution in [1.82, 2.24) is 0 Å². The van der Waals surface area contributed by atoms with Gasteiger partial charge in [0, 0.05) is 0 Å². The third-order valence-corrected chi connectivity index (χ3v) is 0.729. The molecule has 0 aromatic heterocycles. The van der Waals surface area contributed by atoms with Gasteiger partial charge in [0.1, 0.15) is 0 Å². The van der Waals surface area contributed by atoms with Crippen molar-refractivity contribution in [2.75, 3.05) is 0 Å². The van der Waals surface area contributed by atoms with Crippen LogP contribution >= 0.6 is 0 Å². The van der Waals surface area contributed by atoms with Gasteiger partial charge in [-0.3, -0.25) is 12.2 Å². The molecule has 0 atom stereocenters. The molecule has 0 aliphatic heterocycles. The fourth-order valence-electron chi connectivity index (χ4n) is 0.429. The average molecular weight is 459 g/mol. The third kappa shape index (κ3) is 4.90. The zero-order chi connectivity index (χ0) is 4.24. The summed E-state index contributed by atoms with van der Waals surface area (Å²) in [6.07, 6.45) is 12.0. The van der Waals surface area contributed by atoms with E-state index in [9.17, 15) is 0 Å². The van der Waals surface area contributed by atoms with Crippen molar-refractivity contribution in [2.45, 2.75) is 12.8 Å². The maximum Gasteiger partial charge on any atom is 1.00 e. The van der Waals surface area contributed by atoms with Crippen LogP contribution in [0.4, 0.5) is 0 Å². The summed E-state index contributed by atoms with van der Waals surface area (Å²) in [5.41, 5.74) is 0. The Morgan fingerprint density at radius 3 is 1.38 bits per heavy atom. The zero-order valence-corrected chi connectivity index (χ0v) is 9.36. The van der Waals surface area contributed by atoms with Gasteiger partial charge in [0.25, 0.3) is 0 Å². The Labute approximate surface area is 76.5 Å².